The Labute approximate surface area is 122 Å². The van der Waals surface area contributed by atoms with Crippen LogP contribution in [-0.2, 0) is 13.0 Å². The number of phenols is 1. The highest BCUT2D eigenvalue weighted by Gasteiger charge is 2.08. The quantitative estimate of drug-likeness (QED) is 0.793. The minimum absolute atomic E-state index is 0.0304. The van der Waals surface area contributed by atoms with E-state index in [1.807, 2.05) is 36.6 Å². The molecule has 0 saturated carbocycles. The van der Waals surface area contributed by atoms with Gasteiger partial charge in [-0.2, -0.15) is 0 Å². The number of carbonyl (C=O) groups is 1. The molecule has 4 nitrogen and oxygen atoms in total. The van der Waals surface area contributed by atoms with Crippen LogP contribution in [0, 0.1) is 0 Å². The molecule has 0 spiro atoms. The fourth-order valence-corrected chi connectivity index (χ4v) is 2.54. The van der Waals surface area contributed by atoms with Crippen molar-refractivity contribution in [3.63, 3.8) is 0 Å². The normalized spacial score (nSPS) is 11.8. The number of carbonyl (C=O) groups excluding carboxylic acids is 1. The van der Waals surface area contributed by atoms with Crippen LogP contribution in [0.1, 0.15) is 17.4 Å². The van der Waals surface area contributed by atoms with E-state index in [0.717, 1.165) is 16.9 Å². The molecule has 0 saturated heterocycles. The van der Waals surface area contributed by atoms with Gasteiger partial charge in [0.05, 0.1) is 6.54 Å². The molecule has 2 aromatic rings. The zero-order valence-electron chi connectivity index (χ0n) is 11.3. The second kappa shape index (κ2) is 6.96. The van der Waals surface area contributed by atoms with Gasteiger partial charge in [-0.25, -0.2) is 4.79 Å². The Morgan fingerprint density at radius 2 is 2.05 bits per heavy atom. The lowest BCUT2D eigenvalue weighted by Gasteiger charge is -2.14. The summed E-state index contributed by atoms with van der Waals surface area (Å²) in [6.07, 6.45) is 0.729. The fraction of sp³-hybridized carbons (Fsp3) is 0.267. The average molecular weight is 290 g/mol. The van der Waals surface area contributed by atoms with Gasteiger partial charge in [-0.15, -0.1) is 11.3 Å². The lowest BCUT2D eigenvalue weighted by molar-refractivity contribution is 0.237. The van der Waals surface area contributed by atoms with Gasteiger partial charge in [0.1, 0.15) is 5.75 Å². The summed E-state index contributed by atoms with van der Waals surface area (Å²) in [6, 6.07) is 10.8. The van der Waals surface area contributed by atoms with Gasteiger partial charge >= 0.3 is 6.03 Å². The number of thiophene rings is 1. The van der Waals surface area contributed by atoms with Crippen molar-refractivity contribution in [3.8, 4) is 5.75 Å². The van der Waals surface area contributed by atoms with Gasteiger partial charge in [-0.3, -0.25) is 0 Å². The molecule has 5 heteroatoms. The summed E-state index contributed by atoms with van der Waals surface area (Å²) in [6.45, 7) is 2.51. The highest BCUT2D eigenvalue weighted by atomic mass is 32.1. The van der Waals surface area contributed by atoms with Crippen LogP contribution in [0.25, 0.3) is 0 Å². The molecule has 1 aromatic carbocycles. The molecule has 1 aromatic heterocycles. The molecule has 0 radical (unpaired) electrons. The van der Waals surface area contributed by atoms with Crippen LogP contribution in [0.3, 0.4) is 0 Å². The molecule has 0 aliphatic carbocycles. The van der Waals surface area contributed by atoms with Crippen molar-refractivity contribution in [2.45, 2.75) is 25.9 Å². The Kier molecular flexibility index (Phi) is 5.01. The van der Waals surface area contributed by atoms with Gasteiger partial charge in [0, 0.05) is 10.9 Å². The first-order chi connectivity index (χ1) is 9.63. The lowest BCUT2D eigenvalue weighted by Crippen LogP contribution is -2.41. The maximum absolute atomic E-state index is 11.7. The Balaban J connectivity index is 1.74. The lowest BCUT2D eigenvalue weighted by atomic mass is 10.1. The molecule has 0 bridgehead atoms. The van der Waals surface area contributed by atoms with Crippen LogP contribution in [0.4, 0.5) is 4.79 Å². The first-order valence-electron chi connectivity index (χ1n) is 6.48. The minimum atomic E-state index is -0.162. The summed E-state index contributed by atoms with van der Waals surface area (Å²) in [5.41, 5.74) is 1.08. The summed E-state index contributed by atoms with van der Waals surface area (Å²) >= 11 is 1.62. The number of urea groups is 1. The van der Waals surface area contributed by atoms with Crippen LogP contribution in [0.2, 0.25) is 0 Å². The molecule has 1 atom stereocenters. The second-order valence-corrected chi connectivity index (χ2v) is 5.71. The SMILES string of the molecule is C[C@H](Cc1ccc(O)cc1)NC(=O)NCc1cccs1. The van der Waals surface area contributed by atoms with Gasteiger partial charge in [0.2, 0.25) is 0 Å². The van der Waals surface area contributed by atoms with Crippen LogP contribution >= 0.6 is 11.3 Å². The van der Waals surface area contributed by atoms with Crippen molar-refractivity contribution >= 4 is 17.4 Å². The van der Waals surface area contributed by atoms with Gasteiger partial charge in [-0.1, -0.05) is 18.2 Å². The highest BCUT2D eigenvalue weighted by Crippen LogP contribution is 2.11. The number of nitrogens with one attached hydrogen (secondary N) is 2. The van der Waals surface area contributed by atoms with Gasteiger partial charge < -0.3 is 15.7 Å². The molecule has 3 N–H and O–H groups in total. The molecule has 1 heterocycles. The molecule has 0 fully saturated rings. The fourth-order valence-electron chi connectivity index (χ4n) is 1.89. The van der Waals surface area contributed by atoms with Gasteiger partial charge in [-0.05, 0) is 42.5 Å². The van der Waals surface area contributed by atoms with E-state index in [1.54, 1.807) is 23.5 Å². The number of aromatic hydroxyl groups is 1. The molecule has 2 rings (SSSR count). The smallest absolute Gasteiger partial charge is 0.315 e. The number of hydrogen-bond acceptors (Lipinski definition) is 3. The molecular formula is C15H18N2O2S. The maximum Gasteiger partial charge on any atom is 0.315 e. The van der Waals surface area contributed by atoms with Crippen LogP contribution in [0.15, 0.2) is 41.8 Å². The van der Waals surface area contributed by atoms with Gasteiger partial charge in [0.25, 0.3) is 0 Å². The number of benzene rings is 1. The summed E-state index contributed by atoms with van der Waals surface area (Å²) in [5, 5.41) is 16.9. The highest BCUT2D eigenvalue weighted by molar-refractivity contribution is 7.09. The number of amides is 2. The number of hydrogen-bond donors (Lipinski definition) is 3. The Hall–Kier alpha value is -2.01. The summed E-state index contributed by atoms with van der Waals surface area (Å²) < 4.78 is 0. The summed E-state index contributed by atoms with van der Waals surface area (Å²) in [4.78, 5) is 12.9. The average Bonchev–Trinajstić information content (AvgIpc) is 2.92. The van der Waals surface area contributed by atoms with E-state index in [0.29, 0.717) is 6.54 Å². The van der Waals surface area contributed by atoms with E-state index in [4.69, 9.17) is 0 Å². The minimum Gasteiger partial charge on any atom is -0.508 e. The van der Waals surface area contributed by atoms with Crippen LogP contribution in [-0.4, -0.2) is 17.2 Å². The zero-order valence-corrected chi connectivity index (χ0v) is 12.1. The van der Waals surface area contributed by atoms with Crippen molar-refractivity contribution < 1.29 is 9.90 Å². The summed E-state index contributed by atoms with van der Waals surface area (Å²) in [7, 11) is 0. The first-order valence-corrected chi connectivity index (χ1v) is 7.36. The maximum atomic E-state index is 11.7. The summed E-state index contributed by atoms with van der Waals surface area (Å²) in [5.74, 6) is 0.253. The largest absolute Gasteiger partial charge is 0.508 e. The molecule has 0 unspecified atom stereocenters. The third kappa shape index (κ3) is 4.59. The zero-order chi connectivity index (χ0) is 14.4. The molecule has 0 aliphatic heterocycles. The van der Waals surface area contributed by atoms with E-state index in [1.165, 1.54) is 0 Å². The third-order valence-corrected chi connectivity index (χ3v) is 3.74. The monoisotopic (exact) mass is 290 g/mol. The van der Waals surface area contributed by atoms with Crippen molar-refractivity contribution in [3.05, 3.63) is 52.2 Å². The Bertz CT molecular complexity index is 538. The standard InChI is InChI=1S/C15H18N2O2S/c1-11(9-12-4-6-13(18)7-5-12)17-15(19)16-10-14-3-2-8-20-14/h2-8,11,18H,9-10H2,1H3,(H2,16,17,19)/t11-/m1/s1. The van der Waals surface area contributed by atoms with E-state index >= 15 is 0 Å². The van der Waals surface area contributed by atoms with Crippen molar-refractivity contribution in [2.24, 2.45) is 0 Å². The molecular weight excluding hydrogens is 272 g/mol. The predicted octanol–water partition coefficient (Wildman–Crippen LogP) is 2.88. The van der Waals surface area contributed by atoms with Gasteiger partial charge in [0.15, 0.2) is 0 Å². The molecule has 20 heavy (non-hydrogen) atoms. The Morgan fingerprint density at radius 1 is 1.30 bits per heavy atom. The van der Waals surface area contributed by atoms with Crippen molar-refractivity contribution in [2.75, 3.05) is 0 Å². The van der Waals surface area contributed by atoms with E-state index in [-0.39, 0.29) is 17.8 Å². The first kappa shape index (κ1) is 14.4. The molecule has 2 amide bonds. The second-order valence-electron chi connectivity index (χ2n) is 4.68. The van der Waals surface area contributed by atoms with E-state index in [9.17, 15) is 9.90 Å². The Morgan fingerprint density at radius 3 is 2.70 bits per heavy atom. The third-order valence-electron chi connectivity index (χ3n) is 2.86. The number of phenolic OH excluding ortho intramolecular Hbond substituents is 1. The molecule has 106 valence electrons. The van der Waals surface area contributed by atoms with Crippen molar-refractivity contribution in [1.29, 1.82) is 0 Å². The van der Waals surface area contributed by atoms with E-state index in [2.05, 4.69) is 10.6 Å². The van der Waals surface area contributed by atoms with Crippen LogP contribution < -0.4 is 10.6 Å². The van der Waals surface area contributed by atoms with E-state index < -0.39 is 0 Å². The number of rotatable bonds is 5. The topological polar surface area (TPSA) is 61.4 Å². The molecule has 0 aliphatic rings. The van der Waals surface area contributed by atoms with Crippen molar-refractivity contribution in [1.82, 2.24) is 10.6 Å². The predicted molar refractivity (Wildman–Crippen MR) is 81.0 cm³/mol. The van der Waals surface area contributed by atoms with Crippen LogP contribution in [0.5, 0.6) is 5.75 Å².